The molecule has 2 aliphatic heterocycles. The van der Waals surface area contributed by atoms with E-state index in [-0.39, 0.29) is 22.8 Å². The molecule has 4 atom stereocenters. The first kappa shape index (κ1) is 28.9. The van der Waals surface area contributed by atoms with Gasteiger partial charge in [-0.25, -0.2) is 15.0 Å². The van der Waals surface area contributed by atoms with Crippen LogP contribution >= 0.6 is 39.3 Å². The highest BCUT2D eigenvalue weighted by molar-refractivity contribution is 9.10. The summed E-state index contributed by atoms with van der Waals surface area (Å²) in [5.74, 6) is 1.02. The van der Waals surface area contributed by atoms with Crippen molar-refractivity contribution >= 4 is 67.0 Å². The zero-order chi connectivity index (χ0) is 29.7. The highest BCUT2D eigenvalue weighted by Gasteiger charge is 2.55. The van der Waals surface area contributed by atoms with Crippen LogP contribution in [0.5, 0.6) is 5.75 Å². The van der Waals surface area contributed by atoms with Gasteiger partial charge in [0.25, 0.3) is 0 Å². The SMILES string of the molecule is COc1ccc(CNc2nc3cc(CC[C@H]4S[C@@H](n5ccc6c(Cl)ncnc65)[C@@H]5OC(C)(C)O[C@@H]54)ccc3cc2Br)cc1. The van der Waals surface area contributed by atoms with Gasteiger partial charge in [0.15, 0.2) is 5.79 Å². The van der Waals surface area contributed by atoms with Crippen LogP contribution in [0.25, 0.3) is 21.9 Å². The summed E-state index contributed by atoms with van der Waals surface area (Å²) in [5.41, 5.74) is 4.17. The monoisotopic (exact) mass is 679 g/mol. The van der Waals surface area contributed by atoms with Crippen molar-refractivity contribution in [2.75, 3.05) is 12.4 Å². The number of anilines is 1. The molecule has 43 heavy (non-hydrogen) atoms. The lowest BCUT2D eigenvalue weighted by Crippen LogP contribution is -2.29. The molecule has 0 bridgehead atoms. The molecule has 2 aromatic carbocycles. The van der Waals surface area contributed by atoms with Crippen LogP contribution in [0.1, 0.15) is 36.8 Å². The Hall–Kier alpha value is -2.89. The Bertz CT molecular complexity index is 1800. The summed E-state index contributed by atoms with van der Waals surface area (Å²) in [6, 6.07) is 18.7. The van der Waals surface area contributed by atoms with Gasteiger partial charge in [0, 0.05) is 23.4 Å². The summed E-state index contributed by atoms with van der Waals surface area (Å²) < 4.78 is 21.3. The molecule has 3 aromatic heterocycles. The van der Waals surface area contributed by atoms with Crippen LogP contribution in [-0.2, 0) is 22.4 Å². The number of rotatable bonds is 8. The molecule has 0 aliphatic carbocycles. The largest absolute Gasteiger partial charge is 0.497 e. The molecule has 2 aliphatic rings. The highest BCUT2D eigenvalue weighted by atomic mass is 79.9. The van der Waals surface area contributed by atoms with E-state index in [4.69, 9.17) is 30.8 Å². The van der Waals surface area contributed by atoms with E-state index in [0.717, 1.165) is 56.4 Å². The molecule has 11 heteroatoms. The minimum absolute atomic E-state index is 0.0233. The second kappa shape index (κ2) is 11.6. The number of pyridine rings is 1. The fraction of sp³-hybridized carbons (Fsp3) is 0.344. The molecule has 2 fully saturated rings. The molecule has 222 valence electrons. The fourth-order valence-corrected chi connectivity index (χ4v) is 8.28. The van der Waals surface area contributed by atoms with Crippen molar-refractivity contribution in [1.29, 1.82) is 0 Å². The Morgan fingerprint density at radius 1 is 1.05 bits per heavy atom. The molecule has 5 aromatic rings. The van der Waals surface area contributed by atoms with Gasteiger partial charge in [0.1, 0.15) is 46.3 Å². The first-order chi connectivity index (χ1) is 20.8. The van der Waals surface area contributed by atoms with Crippen molar-refractivity contribution in [3.8, 4) is 5.75 Å². The van der Waals surface area contributed by atoms with Crippen molar-refractivity contribution in [1.82, 2.24) is 19.5 Å². The number of ether oxygens (including phenoxy) is 3. The number of methoxy groups -OCH3 is 1. The van der Waals surface area contributed by atoms with E-state index in [1.165, 1.54) is 11.9 Å². The normalized spacial score (nSPS) is 22.7. The summed E-state index contributed by atoms with van der Waals surface area (Å²) in [6.07, 6.45) is 5.27. The van der Waals surface area contributed by atoms with E-state index < -0.39 is 5.79 Å². The number of nitrogens with one attached hydrogen (secondary N) is 1. The van der Waals surface area contributed by atoms with Gasteiger partial charge in [-0.1, -0.05) is 35.9 Å². The standard InChI is InChI=1S/C32H31BrClN5O3S/c1-32(2)41-26-25(43-31(27(26)42-32)39-13-12-22-28(34)36-17-37-30(22)39)11-7-18-4-8-20-15-23(33)29(38-24(20)14-18)35-16-19-5-9-21(40-3)10-6-19/h4-6,8-10,12-15,17,25-27,31H,7,11,16H2,1-3H3,(H,35,38)/t25-,26-,27-,31-/m1/s1. The number of thioether (sulfide) groups is 1. The Morgan fingerprint density at radius 2 is 1.84 bits per heavy atom. The lowest BCUT2D eigenvalue weighted by atomic mass is 10.0. The van der Waals surface area contributed by atoms with Crippen LogP contribution in [0.3, 0.4) is 0 Å². The van der Waals surface area contributed by atoms with Gasteiger partial charge in [0.05, 0.1) is 22.5 Å². The first-order valence-electron chi connectivity index (χ1n) is 14.2. The maximum atomic E-state index is 6.47. The van der Waals surface area contributed by atoms with Crippen molar-refractivity contribution in [2.24, 2.45) is 0 Å². The maximum Gasteiger partial charge on any atom is 0.163 e. The van der Waals surface area contributed by atoms with Gasteiger partial charge in [0.2, 0.25) is 0 Å². The molecule has 0 spiro atoms. The number of halogens is 2. The van der Waals surface area contributed by atoms with Crippen LogP contribution in [0.15, 0.2) is 71.6 Å². The third-order valence-electron chi connectivity index (χ3n) is 8.03. The van der Waals surface area contributed by atoms with Gasteiger partial charge in [-0.3, -0.25) is 0 Å². The fourth-order valence-electron chi connectivity index (χ4n) is 5.97. The average Bonchev–Trinajstić information content (AvgIpc) is 3.66. The van der Waals surface area contributed by atoms with Crippen LogP contribution in [0, 0.1) is 0 Å². The maximum absolute atomic E-state index is 6.47. The van der Waals surface area contributed by atoms with Crippen molar-refractivity contribution in [3.05, 3.63) is 87.9 Å². The number of nitrogens with zero attached hydrogens (tertiary/aromatic N) is 4. The summed E-state index contributed by atoms with van der Waals surface area (Å²) in [6.45, 7) is 4.64. The molecule has 0 radical (unpaired) electrons. The van der Waals surface area contributed by atoms with E-state index in [1.54, 1.807) is 7.11 Å². The summed E-state index contributed by atoms with van der Waals surface area (Å²) in [7, 11) is 1.67. The molecule has 0 amide bonds. The van der Waals surface area contributed by atoms with Crippen LogP contribution in [0.4, 0.5) is 5.82 Å². The van der Waals surface area contributed by atoms with Gasteiger partial charge in [-0.15, -0.1) is 11.8 Å². The van der Waals surface area contributed by atoms with Crippen LogP contribution < -0.4 is 10.1 Å². The number of hydrogen-bond donors (Lipinski definition) is 1. The molecule has 8 nitrogen and oxygen atoms in total. The molecule has 7 rings (SSSR count). The highest BCUT2D eigenvalue weighted by Crippen LogP contribution is 2.53. The van der Waals surface area contributed by atoms with E-state index in [9.17, 15) is 0 Å². The lowest BCUT2D eigenvalue weighted by Gasteiger charge is -2.24. The Morgan fingerprint density at radius 3 is 2.65 bits per heavy atom. The quantitative estimate of drug-likeness (QED) is 0.167. The topological polar surface area (TPSA) is 83.3 Å². The molecule has 2 saturated heterocycles. The van der Waals surface area contributed by atoms with E-state index in [2.05, 4.69) is 72.2 Å². The zero-order valence-corrected chi connectivity index (χ0v) is 27.1. The predicted octanol–water partition coefficient (Wildman–Crippen LogP) is 7.78. The van der Waals surface area contributed by atoms with Crippen molar-refractivity contribution in [2.45, 2.75) is 61.9 Å². The third kappa shape index (κ3) is 5.71. The number of hydrogen-bond acceptors (Lipinski definition) is 8. The van der Waals surface area contributed by atoms with Crippen LogP contribution in [0.2, 0.25) is 5.15 Å². The molecular weight excluding hydrogens is 650 g/mol. The smallest absolute Gasteiger partial charge is 0.163 e. The molecule has 1 N–H and O–H groups in total. The Kier molecular flexibility index (Phi) is 7.75. The summed E-state index contributed by atoms with van der Waals surface area (Å²) >= 11 is 11.9. The summed E-state index contributed by atoms with van der Waals surface area (Å²) in [4.78, 5) is 13.6. The van der Waals surface area contributed by atoms with E-state index >= 15 is 0 Å². The van der Waals surface area contributed by atoms with E-state index in [1.807, 2.05) is 50.0 Å². The average molecular weight is 681 g/mol. The van der Waals surface area contributed by atoms with Gasteiger partial charge in [-0.05, 0) is 84.1 Å². The Balaban J connectivity index is 1.08. The zero-order valence-electron chi connectivity index (χ0n) is 24.0. The lowest BCUT2D eigenvalue weighted by molar-refractivity contribution is -0.148. The third-order valence-corrected chi connectivity index (χ3v) is 10.6. The van der Waals surface area contributed by atoms with Crippen LogP contribution in [-0.4, -0.2) is 49.9 Å². The molecule has 0 saturated carbocycles. The second-order valence-electron chi connectivity index (χ2n) is 11.3. The van der Waals surface area contributed by atoms with Crippen molar-refractivity contribution in [3.63, 3.8) is 0 Å². The second-order valence-corrected chi connectivity index (χ2v) is 13.9. The Labute approximate surface area is 267 Å². The number of aryl methyl sites for hydroxylation is 1. The minimum Gasteiger partial charge on any atom is -0.497 e. The number of aromatic nitrogens is 4. The van der Waals surface area contributed by atoms with Gasteiger partial charge in [-0.2, -0.15) is 0 Å². The van der Waals surface area contributed by atoms with E-state index in [0.29, 0.717) is 11.7 Å². The van der Waals surface area contributed by atoms with Crippen molar-refractivity contribution < 1.29 is 14.2 Å². The molecule has 0 unspecified atom stereocenters. The first-order valence-corrected chi connectivity index (χ1v) is 16.3. The number of fused-ring (bicyclic) bond motifs is 3. The van der Waals surface area contributed by atoms with Gasteiger partial charge >= 0.3 is 0 Å². The number of benzene rings is 2. The predicted molar refractivity (Wildman–Crippen MR) is 175 cm³/mol. The minimum atomic E-state index is -0.641. The van der Waals surface area contributed by atoms with Gasteiger partial charge < -0.3 is 24.1 Å². The molecule has 5 heterocycles. The summed E-state index contributed by atoms with van der Waals surface area (Å²) in [5, 5.41) is 6.14. The molecular formula is C32H31BrClN5O3S.